The van der Waals surface area contributed by atoms with E-state index in [4.69, 9.17) is 5.73 Å². The van der Waals surface area contributed by atoms with Crippen LogP contribution in [-0.2, 0) is 11.0 Å². The maximum atomic E-state index is 13.7. The van der Waals surface area contributed by atoms with E-state index in [2.05, 4.69) is 0 Å². The van der Waals surface area contributed by atoms with Crippen molar-refractivity contribution in [3.8, 4) is 6.07 Å². The molecule has 1 aromatic carbocycles. The summed E-state index contributed by atoms with van der Waals surface area (Å²) in [5.74, 6) is -1.36. The van der Waals surface area contributed by atoms with Gasteiger partial charge in [0.05, 0.1) is 23.1 Å². The number of nitrogens with two attached hydrogens (primary N) is 1. The average molecular weight is 404 g/mol. The number of benzene rings is 1. The lowest BCUT2D eigenvalue weighted by Gasteiger charge is -2.45. The first-order valence-corrected chi connectivity index (χ1v) is 9.18. The van der Waals surface area contributed by atoms with E-state index in [9.17, 15) is 23.2 Å². The zero-order valence-electron chi connectivity index (χ0n) is 16.8. The molecule has 154 valence electrons. The van der Waals surface area contributed by atoms with E-state index in [-0.39, 0.29) is 40.1 Å². The molecule has 0 spiro atoms. The Balaban J connectivity index is 2.36. The summed E-state index contributed by atoms with van der Waals surface area (Å²) >= 11 is 0. The third-order valence-electron chi connectivity index (χ3n) is 5.33. The van der Waals surface area contributed by atoms with Crippen molar-refractivity contribution in [1.29, 1.82) is 5.26 Å². The van der Waals surface area contributed by atoms with Gasteiger partial charge in [-0.25, -0.2) is 5.01 Å². The molecule has 1 aliphatic heterocycles. The molecule has 0 fully saturated rings. The van der Waals surface area contributed by atoms with Crippen LogP contribution in [0.3, 0.4) is 0 Å². The predicted octanol–water partition coefficient (Wildman–Crippen LogP) is 3.92. The zero-order chi connectivity index (χ0) is 21.7. The largest absolute Gasteiger partial charge is 0.416 e. The number of allylic oxidation sites excluding steroid dienone is 3. The Morgan fingerprint density at radius 2 is 1.86 bits per heavy atom. The summed E-state index contributed by atoms with van der Waals surface area (Å²) < 4.78 is 41.2. The molecule has 0 aromatic heterocycles. The molecule has 0 radical (unpaired) electrons. The molecule has 8 heteroatoms. The molecule has 1 heterocycles. The highest BCUT2D eigenvalue weighted by Crippen LogP contribution is 2.50. The van der Waals surface area contributed by atoms with Gasteiger partial charge in [-0.2, -0.15) is 18.4 Å². The van der Waals surface area contributed by atoms with Gasteiger partial charge in [0.1, 0.15) is 5.82 Å². The number of rotatable bonds is 2. The number of Topliss-reactive ketones (excluding diaryl/α,β-unsaturated/α-hetero) is 1. The summed E-state index contributed by atoms with van der Waals surface area (Å²) in [7, 11) is 3.42. The summed E-state index contributed by atoms with van der Waals surface area (Å²) in [5.41, 5.74) is 5.63. The van der Waals surface area contributed by atoms with E-state index in [0.29, 0.717) is 12.1 Å². The van der Waals surface area contributed by atoms with Crippen molar-refractivity contribution in [2.75, 3.05) is 14.1 Å². The highest BCUT2D eigenvalue weighted by molar-refractivity contribution is 6.00. The van der Waals surface area contributed by atoms with Crippen molar-refractivity contribution >= 4 is 5.78 Å². The minimum absolute atomic E-state index is 0.0451. The average Bonchev–Trinajstić information content (AvgIpc) is 2.58. The summed E-state index contributed by atoms with van der Waals surface area (Å²) in [4.78, 5) is 13.2. The quantitative estimate of drug-likeness (QED) is 0.809. The van der Waals surface area contributed by atoms with Gasteiger partial charge in [0, 0.05) is 31.8 Å². The topological polar surface area (TPSA) is 73.4 Å². The van der Waals surface area contributed by atoms with E-state index in [1.54, 1.807) is 24.1 Å². The van der Waals surface area contributed by atoms with Gasteiger partial charge in [-0.1, -0.05) is 32.0 Å². The number of alkyl halides is 3. The molecule has 0 saturated heterocycles. The van der Waals surface area contributed by atoms with Crippen LogP contribution >= 0.6 is 0 Å². The van der Waals surface area contributed by atoms with Crippen LogP contribution in [0, 0.1) is 16.7 Å². The third kappa shape index (κ3) is 3.51. The Morgan fingerprint density at radius 1 is 1.24 bits per heavy atom. The number of carbonyl (C=O) groups excluding carboxylic acids is 1. The SMILES string of the molecule is CN(C)N1C(N)=C(C#N)[C@@H](c2ccccc2C(F)(F)F)C2=C1CC(C)(C)CC2=O. The van der Waals surface area contributed by atoms with Gasteiger partial charge in [0.2, 0.25) is 0 Å². The maximum absolute atomic E-state index is 13.7. The van der Waals surface area contributed by atoms with Crippen molar-refractivity contribution in [2.45, 2.75) is 38.8 Å². The van der Waals surface area contributed by atoms with E-state index in [1.165, 1.54) is 18.2 Å². The monoisotopic (exact) mass is 404 g/mol. The molecule has 0 saturated carbocycles. The van der Waals surface area contributed by atoms with Crippen molar-refractivity contribution in [2.24, 2.45) is 11.1 Å². The van der Waals surface area contributed by atoms with Gasteiger partial charge in [-0.3, -0.25) is 9.80 Å². The first-order chi connectivity index (χ1) is 13.4. The van der Waals surface area contributed by atoms with Crippen LogP contribution in [0.15, 0.2) is 46.9 Å². The highest BCUT2D eigenvalue weighted by Gasteiger charge is 2.47. The van der Waals surface area contributed by atoms with Crippen LogP contribution in [0.2, 0.25) is 0 Å². The van der Waals surface area contributed by atoms with Crippen LogP contribution in [0.5, 0.6) is 0 Å². The first-order valence-electron chi connectivity index (χ1n) is 9.18. The molecular weight excluding hydrogens is 381 g/mol. The van der Waals surface area contributed by atoms with E-state index < -0.39 is 17.7 Å². The van der Waals surface area contributed by atoms with Gasteiger partial charge in [-0.15, -0.1) is 0 Å². The fourth-order valence-electron chi connectivity index (χ4n) is 4.27. The van der Waals surface area contributed by atoms with Crippen LogP contribution in [0.4, 0.5) is 13.2 Å². The molecule has 0 unspecified atom stereocenters. The highest BCUT2D eigenvalue weighted by atomic mass is 19.4. The lowest BCUT2D eigenvalue weighted by atomic mass is 9.68. The number of nitrogens with zero attached hydrogens (tertiary/aromatic N) is 3. The normalized spacial score (nSPS) is 22.1. The Kier molecular flexibility index (Phi) is 4.99. The number of nitriles is 1. The molecule has 2 N–H and O–H groups in total. The summed E-state index contributed by atoms with van der Waals surface area (Å²) in [5, 5.41) is 13.0. The van der Waals surface area contributed by atoms with Gasteiger partial charge >= 0.3 is 6.18 Å². The molecule has 0 bridgehead atoms. The minimum atomic E-state index is -4.62. The lowest BCUT2D eigenvalue weighted by Crippen LogP contribution is -2.47. The van der Waals surface area contributed by atoms with Crippen LogP contribution in [0.25, 0.3) is 0 Å². The molecule has 5 nitrogen and oxygen atoms in total. The molecule has 1 aromatic rings. The number of carbonyl (C=O) groups is 1. The Morgan fingerprint density at radius 3 is 2.41 bits per heavy atom. The number of halogens is 3. The fourth-order valence-corrected chi connectivity index (χ4v) is 4.27. The lowest BCUT2D eigenvalue weighted by molar-refractivity contribution is -0.138. The molecule has 3 rings (SSSR count). The van der Waals surface area contributed by atoms with Gasteiger partial charge < -0.3 is 5.73 Å². The first kappa shape index (κ1) is 20.9. The van der Waals surface area contributed by atoms with E-state index >= 15 is 0 Å². The Bertz CT molecular complexity index is 967. The summed E-state index contributed by atoms with van der Waals surface area (Å²) in [6, 6.07) is 7.03. The second-order valence-corrected chi connectivity index (χ2v) is 8.39. The van der Waals surface area contributed by atoms with Crippen LogP contribution < -0.4 is 5.73 Å². The second-order valence-electron chi connectivity index (χ2n) is 8.39. The van der Waals surface area contributed by atoms with Gasteiger partial charge in [-0.05, 0) is 23.5 Å². The molecule has 29 heavy (non-hydrogen) atoms. The molecule has 2 aliphatic rings. The Labute approximate surface area is 167 Å². The fraction of sp³-hybridized carbons (Fsp3) is 0.429. The summed E-state index contributed by atoms with van der Waals surface area (Å²) in [6.07, 6.45) is -3.98. The number of hydrazine groups is 1. The summed E-state index contributed by atoms with van der Waals surface area (Å²) in [6.45, 7) is 3.86. The minimum Gasteiger partial charge on any atom is -0.383 e. The smallest absolute Gasteiger partial charge is 0.383 e. The van der Waals surface area contributed by atoms with Gasteiger partial charge in [0.25, 0.3) is 0 Å². The van der Waals surface area contributed by atoms with Crippen molar-refractivity contribution in [3.63, 3.8) is 0 Å². The number of ketones is 1. The second kappa shape index (κ2) is 6.92. The standard InChI is InChI=1S/C21H23F3N4O/c1-20(2)9-15-18(16(29)10-20)17(13(11-25)19(26)28(15)27(3)4)12-7-5-6-8-14(12)21(22,23)24/h5-8,17H,9-10,26H2,1-4H3/t17-/m1/s1. The molecule has 0 amide bonds. The zero-order valence-corrected chi connectivity index (χ0v) is 16.8. The van der Waals surface area contributed by atoms with Crippen molar-refractivity contribution in [3.05, 3.63) is 58.1 Å². The van der Waals surface area contributed by atoms with Crippen molar-refractivity contribution in [1.82, 2.24) is 10.0 Å². The van der Waals surface area contributed by atoms with Gasteiger partial charge in [0.15, 0.2) is 5.78 Å². The van der Waals surface area contributed by atoms with Crippen LogP contribution in [-0.4, -0.2) is 29.9 Å². The molecule has 1 atom stereocenters. The van der Waals surface area contributed by atoms with E-state index in [0.717, 1.165) is 6.07 Å². The maximum Gasteiger partial charge on any atom is 0.416 e. The Hall–Kier alpha value is -2.79. The molecule has 1 aliphatic carbocycles. The number of hydrogen-bond donors (Lipinski definition) is 1. The van der Waals surface area contributed by atoms with E-state index in [1.807, 2.05) is 19.9 Å². The van der Waals surface area contributed by atoms with Crippen molar-refractivity contribution < 1.29 is 18.0 Å². The third-order valence-corrected chi connectivity index (χ3v) is 5.33. The molecular formula is C21H23F3N4O. The number of hydrogen-bond acceptors (Lipinski definition) is 5. The predicted molar refractivity (Wildman–Crippen MR) is 102 cm³/mol. The van der Waals surface area contributed by atoms with Crippen LogP contribution in [0.1, 0.15) is 43.7 Å².